The fourth-order valence-corrected chi connectivity index (χ4v) is 2.98. The molecular weight excluding hydrogens is 177 g/mol. The molecule has 1 atom stereocenters. The van der Waals surface area contributed by atoms with Crippen LogP contribution in [0.1, 0.15) is 52.9 Å². The molecule has 0 amide bonds. The Kier molecular flexibility index (Phi) is 4.36. The van der Waals surface area contributed by atoms with Gasteiger partial charge in [-0.3, -0.25) is 0 Å². The first-order chi connectivity index (χ1) is 6.73. The highest BCUT2D eigenvalue weighted by Crippen LogP contribution is 2.50. The lowest BCUT2D eigenvalue weighted by molar-refractivity contribution is -0.0448. The second-order valence-electron chi connectivity index (χ2n) is 4.57. The van der Waals surface area contributed by atoms with Crippen molar-refractivity contribution in [2.45, 2.75) is 52.9 Å². The number of hydrogen-bond donors (Lipinski definition) is 0. The fourth-order valence-electron chi connectivity index (χ4n) is 2.98. The van der Waals surface area contributed by atoms with Crippen molar-refractivity contribution in [3.05, 3.63) is 0 Å². The number of hydrogen-bond acceptors (Lipinski definition) is 1. The van der Waals surface area contributed by atoms with Crippen molar-refractivity contribution in [1.82, 2.24) is 5.12 Å². The van der Waals surface area contributed by atoms with Crippen LogP contribution in [0.3, 0.4) is 0 Å². The molecular formula is C12H24FN. The average molecular weight is 201 g/mol. The van der Waals surface area contributed by atoms with Crippen LogP contribution in [0.4, 0.5) is 4.48 Å². The molecule has 0 N–H and O–H groups in total. The van der Waals surface area contributed by atoms with E-state index in [1.54, 1.807) is 0 Å². The van der Waals surface area contributed by atoms with Crippen molar-refractivity contribution >= 4 is 0 Å². The molecule has 0 aromatic rings. The Morgan fingerprint density at radius 2 is 1.71 bits per heavy atom. The standard InChI is InChI=1S/C10H18FN.C2H6/c1-9-3-2-4-10(9)5-7-12(11)8-6-10;1-2/h9H,2-8H2,1H3;1-2H3. The normalized spacial score (nSPS) is 31.3. The molecule has 1 aliphatic heterocycles. The molecule has 2 aliphatic rings. The van der Waals surface area contributed by atoms with Gasteiger partial charge in [-0.05, 0) is 30.6 Å². The lowest BCUT2D eigenvalue weighted by Gasteiger charge is -2.39. The maximum atomic E-state index is 12.8. The molecule has 14 heavy (non-hydrogen) atoms. The molecule has 0 bridgehead atoms. The summed E-state index contributed by atoms with van der Waals surface area (Å²) in [5, 5.41) is 0.982. The molecule has 0 radical (unpaired) electrons. The molecule has 2 fully saturated rings. The molecule has 1 aliphatic carbocycles. The Hall–Kier alpha value is -0.110. The van der Waals surface area contributed by atoms with E-state index in [-0.39, 0.29) is 0 Å². The quantitative estimate of drug-likeness (QED) is 0.539. The van der Waals surface area contributed by atoms with Crippen molar-refractivity contribution in [3.8, 4) is 0 Å². The van der Waals surface area contributed by atoms with Crippen molar-refractivity contribution < 1.29 is 4.48 Å². The third kappa shape index (κ3) is 2.28. The molecule has 1 nitrogen and oxygen atoms in total. The lowest BCUT2D eigenvalue weighted by Crippen LogP contribution is -2.37. The van der Waals surface area contributed by atoms with Gasteiger partial charge in [0.25, 0.3) is 0 Å². The van der Waals surface area contributed by atoms with E-state index >= 15 is 0 Å². The van der Waals surface area contributed by atoms with E-state index in [2.05, 4.69) is 6.92 Å². The molecule has 1 spiro atoms. The second-order valence-corrected chi connectivity index (χ2v) is 4.57. The number of piperidine rings is 1. The second kappa shape index (κ2) is 5.11. The summed E-state index contributed by atoms with van der Waals surface area (Å²) in [5.41, 5.74) is 0.530. The van der Waals surface area contributed by atoms with Crippen LogP contribution in [0.2, 0.25) is 0 Å². The van der Waals surface area contributed by atoms with Gasteiger partial charge in [-0.1, -0.05) is 33.6 Å². The third-order valence-electron chi connectivity index (χ3n) is 4.06. The van der Waals surface area contributed by atoms with E-state index in [0.717, 1.165) is 23.9 Å². The van der Waals surface area contributed by atoms with Crippen LogP contribution in [-0.4, -0.2) is 18.2 Å². The first-order valence-electron chi connectivity index (χ1n) is 6.14. The summed E-state index contributed by atoms with van der Waals surface area (Å²) in [6.45, 7) is 7.69. The minimum absolute atomic E-state index is 0.530. The fraction of sp³-hybridized carbons (Fsp3) is 1.00. The summed E-state index contributed by atoms with van der Waals surface area (Å²) < 4.78 is 12.8. The largest absolute Gasteiger partial charge is 0.146 e. The first kappa shape index (κ1) is 12.0. The van der Waals surface area contributed by atoms with Crippen LogP contribution in [0.5, 0.6) is 0 Å². The van der Waals surface area contributed by atoms with Gasteiger partial charge in [0.15, 0.2) is 0 Å². The van der Waals surface area contributed by atoms with Gasteiger partial charge in [0, 0.05) is 13.1 Å². The van der Waals surface area contributed by atoms with Crippen molar-refractivity contribution in [3.63, 3.8) is 0 Å². The Morgan fingerprint density at radius 3 is 2.14 bits per heavy atom. The molecule has 1 heterocycles. The van der Waals surface area contributed by atoms with Gasteiger partial charge < -0.3 is 0 Å². The smallest absolute Gasteiger partial charge is 0.0295 e. The zero-order valence-electron chi connectivity index (χ0n) is 9.85. The van der Waals surface area contributed by atoms with Gasteiger partial charge in [0.2, 0.25) is 0 Å². The van der Waals surface area contributed by atoms with E-state index in [9.17, 15) is 4.48 Å². The summed E-state index contributed by atoms with van der Waals surface area (Å²) >= 11 is 0. The third-order valence-corrected chi connectivity index (χ3v) is 4.06. The predicted molar refractivity (Wildman–Crippen MR) is 58.7 cm³/mol. The summed E-state index contributed by atoms with van der Waals surface area (Å²) in [6, 6.07) is 0. The molecule has 2 heteroatoms. The average Bonchev–Trinajstić information content (AvgIpc) is 2.57. The van der Waals surface area contributed by atoms with Crippen molar-refractivity contribution in [2.24, 2.45) is 11.3 Å². The molecule has 2 rings (SSSR count). The number of nitrogens with zero attached hydrogens (tertiary/aromatic N) is 1. The summed E-state index contributed by atoms with van der Waals surface area (Å²) in [6.07, 6.45) is 6.26. The van der Waals surface area contributed by atoms with Gasteiger partial charge in [-0.25, -0.2) is 0 Å². The predicted octanol–water partition coefficient (Wildman–Crippen LogP) is 3.80. The zero-order valence-corrected chi connectivity index (χ0v) is 9.85. The Bertz CT molecular complexity index is 162. The lowest BCUT2D eigenvalue weighted by atomic mass is 9.72. The van der Waals surface area contributed by atoms with Crippen LogP contribution < -0.4 is 0 Å². The maximum absolute atomic E-state index is 12.8. The number of halogens is 1. The van der Waals surface area contributed by atoms with Crippen molar-refractivity contribution in [1.29, 1.82) is 0 Å². The van der Waals surface area contributed by atoms with Crippen LogP contribution in [0.25, 0.3) is 0 Å². The van der Waals surface area contributed by atoms with E-state index in [0.29, 0.717) is 18.5 Å². The van der Waals surface area contributed by atoms with Gasteiger partial charge in [0.1, 0.15) is 0 Å². The molecule has 1 saturated heterocycles. The van der Waals surface area contributed by atoms with Crippen LogP contribution in [0.15, 0.2) is 0 Å². The molecule has 1 unspecified atom stereocenters. The SMILES string of the molecule is CC.CC1CCCC12CCN(F)CC2. The molecule has 84 valence electrons. The van der Waals surface area contributed by atoms with Gasteiger partial charge in [0.05, 0.1) is 0 Å². The Morgan fingerprint density at radius 1 is 1.14 bits per heavy atom. The molecule has 0 aromatic carbocycles. The minimum Gasteiger partial charge on any atom is -0.146 e. The summed E-state index contributed by atoms with van der Waals surface area (Å²) in [5.74, 6) is 0.839. The maximum Gasteiger partial charge on any atom is 0.0295 e. The minimum atomic E-state index is 0.530. The van der Waals surface area contributed by atoms with Gasteiger partial charge in [-0.2, -0.15) is 0 Å². The van der Waals surface area contributed by atoms with E-state index < -0.39 is 0 Å². The highest BCUT2D eigenvalue weighted by Gasteiger charge is 2.42. The van der Waals surface area contributed by atoms with E-state index in [1.165, 1.54) is 19.3 Å². The summed E-state index contributed by atoms with van der Waals surface area (Å²) in [7, 11) is 0. The van der Waals surface area contributed by atoms with Gasteiger partial charge >= 0.3 is 0 Å². The van der Waals surface area contributed by atoms with Crippen LogP contribution in [0, 0.1) is 11.3 Å². The monoisotopic (exact) mass is 201 g/mol. The van der Waals surface area contributed by atoms with Crippen LogP contribution >= 0.6 is 0 Å². The van der Waals surface area contributed by atoms with Crippen molar-refractivity contribution in [2.75, 3.05) is 13.1 Å². The summed E-state index contributed by atoms with van der Waals surface area (Å²) in [4.78, 5) is 0. The number of rotatable bonds is 0. The molecule has 0 aromatic heterocycles. The first-order valence-corrected chi connectivity index (χ1v) is 6.14. The van der Waals surface area contributed by atoms with E-state index in [4.69, 9.17) is 0 Å². The van der Waals surface area contributed by atoms with Crippen LogP contribution in [-0.2, 0) is 0 Å². The highest BCUT2D eigenvalue weighted by atomic mass is 19.2. The Labute approximate surface area is 87.6 Å². The Balaban J connectivity index is 0.000000461. The highest BCUT2D eigenvalue weighted by molar-refractivity contribution is 4.92. The van der Waals surface area contributed by atoms with Gasteiger partial charge in [-0.15, -0.1) is 9.60 Å². The van der Waals surface area contributed by atoms with E-state index in [1.807, 2.05) is 13.8 Å². The molecule has 1 saturated carbocycles. The zero-order chi connectivity index (χ0) is 10.6. The topological polar surface area (TPSA) is 3.24 Å².